The van der Waals surface area contributed by atoms with E-state index in [1.54, 1.807) is 6.07 Å². The fourth-order valence-corrected chi connectivity index (χ4v) is 2.16. The van der Waals surface area contributed by atoms with Crippen LogP contribution in [0.2, 0.25) is 0 Å². The molecule has 0 bridgehead atoms. The highest BCUT2D eigenvalue weighted by Gasteiger charge is 2.23. The van der Waals surface area contributed by atoms with Crippen LogP contribution in [0.5, 0.6) is 0 Å². The van der Waals surface area contributed by atoms with Gasteiger partial charge in [-0.1, -0.05) is 12.8 Å². The molecule has 0 saturated heterocycles. The summed E-state index contributed by atoms with van der Waals surface area (Å²) in [6, 6.07) is 3.08. The van der Waals surface area contributed by atoms with Gasteiger partial charge in [0.2, 0.25) is 5.91 Å². The largest absolute Gasteiger partial charge is 0.465 e. The molecule has 0 aromatic carbocycles. The first-order valence-corrected chi connectivity index (χ1v) is 6.06. The Hall–Kier alpha value is -1.91. The van der Waals surface area contributed by atoms with Gasteiger partial charge in [0.05, 0.1) is 12.7 Å². The molecule has 1 heterocycles. The Morgan fingerprint density at radius 2 is 2.11 bits per heavy atom. The standard InChI is InChI=1S/C13H16N2O3/c1-18-13(17)10-6-7-14-11(8-10)15-12(16)9-4-2-3-5-9/h6-9H,2-5H2,1H3,(H,14,15,16). The summed E-state index contributed by atoms with van der Waals surface area (Å²) in [4.78, 5) is 27.3. The number of methoxy groups -OCH3 is 1. The summed E-state index contributed by atoms with van der Waals surface area (Å²) in [7, 11) is 1.32. The zero-order valence-electron chi connectivity index (χ0n) is 10.3. The van der Waals surface area contributed by atoms with Crippen molar-refractivity contribution in [2.45, 2.75) is 25.7 Å². The zero-order valence-corrected chi connectivity index (χ0v) is 10.3. The fraction of sp³-hybridized carbons (Fsp3) is 0.462. The monoisotopic (exact) mass is 248 g/mol. The molecule has 1 fully saturated rings. The van der Waals surface area contributed by atoms with Gasteiger partial charge in [-0.2, -0.15) is 0 Å². The van der Waals surface area contributed by atoms with Gasteiger partial charge < -0.3 is 10.1 Å². The molecule has 1 saturated carbocycles. The first kappa shape index (κ1) is 12.5. The van der Waals surface area contributed by atoms with Crippen LogP contribution in [0.25, 0.3) is 0 Å². The first-order valence-electron chi connectivity index (χ1n) is 6.06. The lowest BCUT2D eigenvalue weighted by molar-refractivity contribution is -0.119. The third-order valence-electron chi connectivity index (χ3n) is 3.16. The lowest BCUT2D eigenvalue weighted by Gasteiger charge is -2.10. The second-order valence-corrected chi connectivity index (χ2v) is 4.39. The average molecular weight is 248 g/mol. The van der Waals surface area contributed by atoms with Gasteiger partial charge in [-0.25, -0.2) is 9.78 Å². The number of pyridine rings is 1. The van der Waals surface area contributed by atoms with E-state index in [-0.39, 0.29) is 11.8 Å². The van der Waals surface area contributed by atoms with Gasteiger partial charge in [-0.15, -0.1) is 0 Å². The number of amides is 1. The molecule has 96 valence electrons. The molecule has 18 heavy (non-hydrogen) atoms. The SMILES string of the molecule is COC(=O)c1ccnc(NC(=O)C2CCCC2)c1. The molecule has 1 aliphatic carbocycles. The van der Waals surface area contributed by atoms with E-state index in [4.69, 9.17) is 0 Å². The Balaban J connectivity index is 2.04. The minimum absolute atomic E-state index is 0.0120. The predicted molar refractivity (Wildman–Crippen MR) is 66.2 cm³/mol. The Bertz CT molecular complexity index is 453. The van der Waals surface area contributed by atoms with Crippen molar-refractivity contribution in [3.63, 3.8) is 0 Å². The molecule has 1 aromatic heterocycles. The number of aromatic nitrogens is 1. The van der Waals surface area contributed by atoms with E-state index in [9.17, 15) is 9.59 Å². The number of carbonyl (C=O) groups is 2. The smallest absolute Gasteiger partial charge is 0.338 e. The molecule has 5 heteroatoms. The molecule has 1 aromatic rings. The van der Waals surface area contributed by atoms with Crippen LogP contribution in [0, 0.1) is 5.92 Å². The molecule has 2 rings (SSSR count). The molecule has 0 radical (unpaired) electrons. The number of hydrogen-bond donors (Lipinski definition) is 1. The molecular weight excluding hydrogens is 232 g/mol. The second-order valence-electron chi connectivity index (χ2n) is 4.39. The fourth-order valence-electron chi connectivity index (χ4n) is 2.16. The van der Waals surface area contributed by atoms with Crippen molar-refractivity contribution in [2.75, 3.05) is 12.4 Å². The van der Waals surface area contributed by atoms with E-state index in [1.807, 2.05) is 0 Å². The number of ether oxygens (including phenoxy) is 1. The van der Waals surface area contributed by atoms with Crippen molar-refractivity contribution in [3.8, 4) is 0 Å². The van der Waals surface area contributed by atoms with Gasteiger partial charge >= 0.3 is 5.97 Å². The Morgan fingerprint density at radius 3 is 2.78 bits per heavy atom. The third kappa shape index (κ3) is 2.85. The maximum atomic E-state index is 11.9. The summed E-state index contributed by atoms with van der Waals surface area (Å²) in [5.41, 5.74) is 0.384. The van der Waals surface area contributed by atoms with Crippen LogP contribution in [-0.2, 0) is 9.53 Å². The van der Waals surface area contributed by atoms with Crippen molar-refractivity contribution in [1.82, 2.24) is 4.98 Å². The maximum Gasteiger partial charge on any atom is 0.338 e. The summed E-state index contributed by atoms with van der Waals surface area (Å²) < 4.78 is 4.62. The van der Waals surface area contributed by atoms with E-state index in [1.165, 1.54) is 19.4 Å². The number of nitrogens with zero attached hydrogens (tertiary/aromatic N) is 1. The van der Waals surface area contributed by atoms with Crippen LogP contribution in [0.1, 0.15) is 36.0 Å². The van der Waals surface area contributed by atoms with Crippen LogP contribution in [0.3, 0.4) is 0 Å². The van der Waals surface area contributed by atoms with Crippen LogP contribution >= 0.6 is 0 Å². The highest BCUT2D eigenvalue weighted by atomic mass is 16.5. The van der Waals surface area contributed by atoms with Crippen molar-refractivity contribution < 1.29 is 14.3 Å². The summed E-state index contributed by atoms with van der Waals surface area (Å²) in [6.45, 7) is 0. The Kier molecular flexibility index (Phi) is 3.92. The van der Waals surface area contributed by atoms with Crippen molar-refractivity contribution in [1.29, 1.82) is 0 Å². The molecule has 0 aliphatic heterocycles. The first-order chi connectivity index (χ1) is 8.70. The van der Waals surface area contributed by atoms with Gasteiger partial charge in [0.1, 0.15) is 5.82 Å². The summed E-state index contributed by atoms with van der Waals surface area (Å²) in [5.74, 6) is 0.0270. The zero-order chi connectivity index (χ0) is 13.0. The molecular formula is C13H16N2O3. The molecule has 0 spiro atoms. The molecule has 1 aliphatic rings. The van der Waals surface area contributed by atoms with Crippen LogP contribution in [-0.4, -0.2) is 24.0 Å². The van der Waals surface area contributed by atoms with Crippen LogP contribution < -0.4 is 5.32 Å². The quantitative estimate of drug-likeness (QED) is 0.831. The van der Waals surface area contributed by atoms with E-state index >= 15 is 0 Å². The summed E-state index contributed by atoms with van der Waals surface area (Å²) in [6.07, 6.45) is 5.56. The van der Waals surface area contributed by atoms with Gasteiger partial charge in [0.15, 0.2) is 0 Å². The molecule has 5 nitrogen and oxygen atoms in total. The summed E-state index contributed by atoms with van der Waals surface area (Å²) >= 11 is 0. The van der Waals surface area contributed by atoms with Gasteiger partial charge in [-0.3, -0.25) is 4.79 Å². The van der Waals surface area contributed by atoms with E-state index in [2.05, 4.69) is 15.0 Å². The molecule has 0 unspecified atom stereocenters. The van der Waals surface area contributed by atoms with Crippen molar-refractivity contribution >= 4 is 17.7 Å². The second kappa shape index (κ2) is 5.62. The molecule has 0 atom stereocenters. The average Bonchev–Trinajstić information content (AvgIpc) is 2.92. The van der Waals surface area contributed by atoms with Gasteiger partial charge in [-0.05, 0) is 25.0 Å². The lowest BCUT2D eigenvalue weighted by Crippen LogP contribution is -2.21. The topological polar surface area (TPSA) is 68.3 Å². The highest BCUT2D eigenvalue weighted by Crippen LogP contribution is 2.25. The third-order valence-corrected chi connectivity index (χ3v) is 3.16. The van der Waals surface area contributed by atoms with E-state index in [0.29, 0.717) is 11.4 Å². The number of anilines is 1. The van der Waals surface area contributed by atoms with Crippen molar-refractivity contribution in [3.05, 3.63) is 23.9 Å². The predicted octanol–water partition coefficient (Wildman–Crippen LogP) is 2.00. The summed E-state index contributed by atoms with van der Waals surface area (Å²) in [5, 5.41) is 2.75. The van der Waals surface area contributed by atoms with E-state index < -0.39 is 5.97 Å². The molecule has 1 N–H and O–H groups in total. The Labute approximate surface area is 106 Å². The molecule has 1 amide bonds. The van der Waals surface area contributed by atoms with Gasteiger partial charge in [0.25, 0.3) is 0 Å². The highest BCUT2D eigenvalue weighted by molar-refractivity contribution is 5.94. The maximum absolute atomic E-state index is 11.9. The van der Waals surface area contributed by atoms with Gasteiger partial charge in [0, 0.05) is 12.1 Å². The minimum Gasteiger partial charge on any atom is -0.465 e. The minimum atomic E-state index is -0.436. The number of esters is 1. The Morgan fingerprint density at radius 1 is 1.39 bits per heavy atom. The van der Waals surface area contributed by atoms with E-state index in [0.717, 1.165) is 25.7 Å². The lowest BCUT2D eigenvalue weighted by atomic mass is 10.1. The number of hydrogen-bond acceptors (Lipinski definition) is 4. The van der Waals surface area contributed by atoms with Crippen molar-refractivity contribution in [2.24, 2.45) is 5.92 Å². The number of carbonyl (C=O) groups excluding carboxylic acids is 2. The normalized spacial score (nSPS) is 15.4. The number of nitrogens with one attached hydrogen (secondary N) is 1. The number of rotatable bonds is 3. The van der Waals surface area contributed by atoms with Crippen LogP contribution in [0.4, 0.5) is 5.82 Å². The van der Waals surface area contributed by atoms with Crippen LogP contribution in [0.15, 0.2) is 18.3 Å².